The van der Waals surface area contributed by atoms with Crippen LogP contribution in [0.3, 0.4) is 0 Å². The number of nitrogens with one attached hydrogen (secondary N) is 1. The number of sulfonamides is 1. The minimum Gasteiger partial charge on any atom is -0.289 e. The summed E-state index contributed by atoms with van der Waals surface area (Å²) < 4.78 is 26.4. The monoisotopic (exact) mass is 365 g/mol. The van der Waals surface area contributed by atoms with E-state index >= 15 is 0 Å². The molecule has 9 nitrogen and oxygen atoms in total. The van der Waals surface area contributed by atoms with Gasteiger partial charge in [-0.2, -0.15) is 4.31 Å². The van der Waals surface area contributed by atoms with E-state index in [0.717, 1.165) is 10.4 Å². The van der Waals surface area contributed by atoms with Gasteiger partial charge in [0.25, 0.3) is 11.6 Å². The number of amides is 1. The largest absolute Gasteiger partial charge is 0.289 e. The molecule has 0 unspecified atom stereocenters. The van der Waals surface area contributed by atoms with Crippen LogP contribution >= 0.6 is 0 Å². The van der Waals surface area contributed by atoms with Crippen LogP contribution in [0.2, 0.25) is 0 Å². The lowest BCUT2D eigenvalue weighted by Crippen LogP contribution is -2.39. The van der Waals surface area contributed by atoms with E-state index in [1.807, 2.05) is 0 Å². The van der Waals surface area contributed by atoms with Crippen LogP contribution in [0, 0.1) is 10.1 Å². The quantitative estimate of drug-likeness (QED) is 0.432. The maximum atomic E-state index is 12.8. The summed E-state index contributed by atoms with van der Waals surface area (Å²) in [5.74, 6) is -0.926. The van der Waals surface area contributed by atoms with E-state index in [4.69, 9.17) is 5.21 Å². The summed E-state index contributed by atoms with van der Waals surface area (Å²) in [6.07, 6.45) is 0. The topological polar surface area (TPSA) is 130 Å². The first-order chi connectivity index (χ1) is 11.8. The van der Waals surface area contributed by atoms with Gasteiger partial charge in [0.05, 0.1) is 16.4 Å². The van der Waals surface area contributed by atoms with E-state index in [-0.39, 0.29) is 17.1 Å². The SMILES string of the molecule is O=C(CN(Cc1ccccc1)S(=O)(=O)c1cccc([N+](=O)[O-])c1)NO. The highest BCUT2D eigenvalue weighted by Gasteiger charge is 2.28. The third kappa shape index (κ3) is 4.59. The molecule has 0 aliphatic carbocycles. The number of carbonyl (C=O) groups excluding carboxylic acids is 1. The van der Waals surface area contributed by atoms with Gasteiger partial charge in [-0.05, 0) is 11.6 Å². The van der Waals surface area contributed by atoms with E-state index in [2.05, 4.69) is 0 Å². The molecule has 0 aliphatic rings. The molecule has 1 amide bonds. The molecular formula is C15H15N3O6S. The van der Waals surface area contributed by atoms with Gasteiger partial charge in [-0.1, -0.05) is 36.4 Å². The Bertz CT molecular complexity index is 870. The molecular weight excluding hydrogens is 350 g/mol. The Kier molecular flexibility index (Phi) is 5.80. The summed E-state index contributed by atoms with van der Waals surface area (Å²) >= 11 is 0. The highest BCUT2D eigenvalue weighted by Crippen LogP contribution is 2.22. The first kappa shape index (κ1) is 18.5. The molecule has 132 valence electrons. The molecule has 2 rings (SSSR count). The standard InChI is InChI=1S/C15H15N3O6S/c19-15(16-20)11-17(10-12-5-2-1-3-6-12)25(23,24)14-8-4-7-13(9-14)18(21)22/h1-9,20H,10-11H2,(H,16,19). The lowest BCUT2D eigenvalue weighted by Gasteiger charge is -2.21. The molecule has 0 aliphatic heterocycles. The number of carbonyl (C=O) groups is 1. The van der Waals surface area contributed by atoms with Crippen LogP contribution in [0.1, 0.15) is 5.56 Å². The molecule has 0 aromatic heterocycles. The van der Waals surface area contributed by atoms with Crippen LogP contribution in [0.4, 0.5) is 5.69 Å². The number of hydrogen-bond acceptors (Lipinski definition) is 6. The molecule has 10 heteroatoms. The summed E-state index contributed by atoms with van der Waals surface area (Å²) in [6.45, 7) is -0.782. The molecule has 0 bridgehead atoms. The number of hydrogen-bond donors (Lipinski definition) is 2. The van der Waals surface area contributed by atoms with Gasteiger partial charge in [-0.25, -0.2) is 13.9 Å². The van der Waals surface area contributed by atoms with E-state index in [1.54, 1.807) is 30.3 Å². The van der Waals surface area contributed by atoms with Gasteiger partial charge in [0, 0.05) is 18.7 Å². The van der Waals surface area contributed by atoms with E-state index in [0.29, 0.717) is 5.56 Å². The lowest BCUT2D eigenvalue weighted by atomic mass is 10.2. The molecule has 2 aromatic carbocycles. The van der Waals surface area contributed by atoms with Gasteiger partial charge in [0.1, 0.15) is 0 Å². The smallest absolute Gasteiger partial charge is 0.270 e. The van der Waals surface area contributed by atoms with Crippen molar-refractivity contribution in [2.24, 2.45) is 0 Å². The summed E-state index contributed by atoms with van der Waals surface area (Å²) in [5.41, 5.74) is 1.61. The molecule has 2 N–H and O–H groups in total. The Morgan fingerprint density at radius 2 is 1.84 bits per heavy atom. The molecule has 0 radical (unpaired) electrons. The van der Waals surface area contributed by atoms with Crippen LogP contribution in [0.5, 0.6) is 0 Å². The zero-order valence-corrected chi connectivity index (χ0v) is 13.7. The fraction of sp³-hybridized carbons (Fsp3) is 0.133. The second-order valence-corrected chi connectivity index (χ2v) is 6.99. The molecule has 0 heterocycles. The van der Waals surface area contributed by atoms with Crippen molar-refractivity contribution in [3.05, 3.63) is 70.3 Å². The zero-order chi connectivity index (χ0) is 18.4. The minimum absolute atomic E-state index is 0.140. The molecule has 25 heavy (non-hydrogen) atoms. The maximum absolute atomic E-state index is 12.8. The molecule has 0 spiro atoms. The van der Waals surface area contributed by atoms with Crippen molar-refractivity contribution in [1.29, 1.82) is 0 Å². The van der Waals surface area contributed by atoms with Crippen molar-refractivity contribution in [2.75, 3.05) is 6.54 Å². The Morgan fingerprint density at radius 1 is 1.16 bits per heavy atom. The third-order valence-corrected chi connectivity index (χ3v) is 5.10. The number of benzene rings is 2. The molecule has 2 aromatic rings. The van der Waals surface area contributed by atoms with Crippen molar-refractivity contribution in [2.45, 2.75) is 11.4 Å². The van der Waals surface area contributed by atoms with Crippen LogP contribution in [0.25, 0.3) is 0 Å². The van der Waals surface area contributed by atoms with Crippen LogP contribution in [-0.2, 0) is 21.4 Å². The second-order valence-electron chi connectivity index (χ2n) is 5.05. The Balaban J connectivity index is 2.41. The van der Waals surface area contributed by atoms with Gasteiger partial charge in [-0.3, -0.25) is 20.1 Å². The zero-order valence-electron chi connectivity index (χ0n) is 12.9. The molecule has 0 fully saturated rings. The van der Waals surface area contributed by atoms with Gasteiger partial charge >= 0.3 is 0 Å². The summed E-state index contributed by atoms with van der Waals surface area (Å²) in [4.78, 5) is 21.3. The van der Waals surface area contributed by atoms with Crippen molar-refractivity contribution in [3.63, 3.8) is 0 Å². The Morgan fingerprint density at radius 3 is 2.44 bits per heavy atom. The van der Waals surface area contributed by atoms with Crippen molar-refractivity contribution < 1.29 is 23.3 Å². The van der Waals surface area contributed by atoms with Crippen LogP contribution in [0.15, 0.2) is 59.5 Å². The van der Waals surface area contributed by atoms with Gasteiger partial charge in [0.2, 0.25) is 10.0 Å². The van der Waals surface area contributed by atoms with E-state index < -0.39 is 27.4 Å². The van der Waals surface area contributed by atoms with Crippen molar-refractivity contribution in [3.8, 4) is 0 Å². The first-order valence-electron chi connectivity index (χ1n) is 7.06. The number of nitrogens with zero attached hydrogens (tertiary/aromatic N) is 2. The minimum atomic E-state index is -4.20. The third-order valence-electron chi connectivity index (χ3n) is 3.31. The number of nitro groups is 1. The van der Waals surface area contributed by atoms with E-state index in [9.17, 15) is 23.3 Å². The molecule has 0 saturated carbocycles. The second kappa shape index (κ2) is 7.83. The normalized spacial score (nSPS) is 11.3. The Hall–Kier alpha value is -2.82. The highest BCUT2D eigenvalue weighted by atomic mass is 32.2. The predicted octanol–water partition coefficient (Wildman–Crippen LogP) is 1.29. The average Bonchev–Trinajstić information content (AvgIpc) is 2.62. The molecule has 0 atom stereocenters. The summed E-state index contributed by atoms with van der Waals surface area (Å²) in [7, 11) is -4.20. The lowest BCUT2D eigenvalue weighted by molar-refractivity contribution is -0.385. The maximum Gasteiger partial charge on any atom is 0.270 e. The number of non-ortho nitro benzene ring substituents is 1. The highest BCUT2D eigenvalue weighted by molar-refractivity contribution is 7.89. The van der Waals surface area contributed by atoms with E-state index in [1.165, 1.54) is 23.7 Å². The Labute approximate surface area is 143 Å². The first-order valence-corrected chi connectivity index (χ1v) is 8.50. The molecule has 0 saturated heterocycles. The number of rotatable bonds is 7. The fourth-order valence-corrected chi connectivity index (χ4v) is 3.54. The summed E-state index contributed by atoms with van der Waals surface area (Å²) in [5, 5.41) is 19.6. The van der Waals surface area contributed by atoms with Gasteiger partial charge < -0.3 is 0 Å². The number of hydroxylamine groups is 1. The fourth-order valence-electron chi connectivity index (χ4n) is 2.12. The van der Waals surface area contributed by atoms with Gasteiger partial charge in [0.15, 0.2) is 0 Å². The summed E-state index contributed by atoms with van der Waals surface area (Å²) in [6, 6.07) is 13.1. The van der Waals surface area contributed by atoms with Gasteiger partial charge in [-0.15, -0.1) is 0 Å². The van der Waals surface area contributed by atoms with Crippen LogP contribution in [-0.4, -0.2) is 35.3 Å². The number of nitro benzene ring substituents is 1. The predicted molar refractivity (Wildman–Crippen MR) is 87.1 cm³/mol. The average molecular weight is 365 g/mol. The van der Waals surface area contributed by atoms with Crippen molar-refractivity contribution >= 4 is 21.6 Å². The van der Waals surface area contributed by atoms with Crippen molar-refractivity contribution in [1.82, 2.24) is 9.79 Å². The van der Waals surface area contributed by atoms with Crippen LogP contribution < -0.4 is 5.48 Å².